The fourth-order valence-electron chi connectivity index (χ4n) is 2.34. The summed E-state index contributed by atoms with van der Waals surface area (Å²) in [7, 11) is 0. The zero-order chi connectivity index (χ0) is 10.9. The molecule has 0 saturated carbocycles. The summed E-state index contributed by atoms with van der Waals surface area (Å²) in [4.78, 5) is 1.58. The van der Waals surface area contributed by atoms with Crippen LogP contribution in [-0.4, -0.2) is 30.9 Å². The van der Waals surface area contributed by atoms with Gasteiger partial charge in [0.05, 0.1) is 0 Å². The van der Waals surface area contributed by atoms with Crippen molar-refractivity contribution in [1.82, 2.24) is 4.90 Å². The van der Waals surface area contributed by atoms with E-state index >= 15 is 0 Å². The van der Waals surface area contributed by atoms with Crippen LogP contribution in [0.15, 0.2) is 0 Å². The molecule has 0 aromatic carbocycles. The van der Waals surface area contributed by atoms with E-state index in [0.29, 0.717) is 18.4 Å². The SMILES string of the molecule is CC1CC(C)C(C)N(C[B-](F)(F)F)C1. The summed E-state index contributed by atoms with van der Waals surface area (Å²) in [6.07, 6.45) is 0.346. The maximum absolute atomic E-state index is 12.3. The van der Waals surface area contributed by atoms with Gasteiger partial charge in [0, 0.05) is 6.04 Å². The summed E-state index contributed by atoms with van der Waals surface area (Å²) in [6, 6.07) is 0.0645. The van der Waals surface area contributed by atoms with Gasteiger partial charge in [-0.05, 0) is 38.2 Å². The largest absolute Gasteiger partial charge is 0.492 e. The van der Waals surface area contributed by atoms with Crippen LogP contribution in [0.5, 0.6) is 0 Å². The molecule has 1 nitrogen and oxygen atoms in total. The molecule has 0 aliphatic carbocycles. The van der Waals surface area contributed by atoms with Crippen molar-refractivity contribution in [3.63, 3.8) is 0 Å². The van der Waals surface area contributed by atoms with Gasteiger partial charge in [-0.3, -0.25) is 0 Å². The molecular weight excluding hydrogens is 190 g/mol. The van der Waals surface area contributed by atoms with Crippen molar-refractivity contribution in [1.29, 1.82) is 0 Å². The highest BCUT2D eigenvalue weighted by atomic mass is 19.4. The Labute approximate surface area is 83.7 Å². The van der Waals surface area contributed by atoms with Crippen molar-refractivity contribution in [3.05, 3.63) is 0 Å². The average Bonchev–Trinajstić information content (AvgIpc) is 1.96. The van der Waals surface area contributed by atoms with Gasteiger partial charge in [0.1, 0.15) is 0 Å². The van der Waals surface area contributed by atoms with Gasteiger partial charge in [0.2, 0.25) is 0 Å². The van der Waals surface area contributed by atoms with Crippen LogP contribution >= 0.6 is 0 Å². The van der Waals surface area contributed by atoms with Crippen molar-refractivity contribution in [2.24, 2.45) is 11.8 Å². The molecule has 0 amide bonds. The summed E-state index contributed by atoms with van der Waals surface area (Å²) >= 11 is 0. The third-order valence-electron chi connectivity index (χ3n) is 3.16. The minimum Gasteiger partial charge on any atom is -0.448 e. The molecule has 14 heavy (non-hydrogen) atoms. The Kier molecular flexibility index (Phi) is 3.51. The first-order valence-corrected chi connectivity index (χ1v) is 5.24. The van der Waals surface area contributed by atoms with Crippen LogP contribution in [0.4, 0.5) is 12.9 Å². The minimum absolute atomic E-state index is 0.0645. The number of halogens is 3. The number of piperidine rings is 1. The van der Waals surface area contributed by atoms with E-state index in [0.717, 1.165) is 6.42 Å². The van der Waals surface area contributed by atoms with E-state index in [2.05, 4.69) is 0 Å². The van der Waals surface area contributed by atoms with E-state index in [-0.39, 0.29) is 6.04 Å². The van der Waals surface area contributed by atoms with Gasteiger partial charge < -0.3 is 17.8 Å². The van der Waals surface area contributed by atoms with E-state index in [1.165, 1.54) is 0 Å². The van der Waals surface area contributed by atoms with Crippen LogP contribution in [0, 0.1) is 11.8 Å². The van der Waals surface area contributed by atoms with Gasteiger partial charge in [0.25, 0.3) is 0 Å². The Balaban J connectivity index is 2.58. The second kappa shape index (κ2) is 4.13. The zero-order valence-corrected chi connectivity index (χ0v) is 9.01. The molecule has 1 saturated heterocycles. The normalized spacial score (nSPS) is 36.0. The Morgan fingerprint density at radius 3 is 2.29 bits per heavy atom. The Bertz CT molecular complexity index is 195. The van der Waals surface area contributed by atoms with Gasteiger partial charge in [-0.15, -0.1) is 0 Å². The van der Waals surface area contributed by atoms with Crippen LogP contribution in [0.2, 0.25) is 0 Å². The van der Waals surface area contributed by atoms with Crippen molar-refractivity contribution < 1.29 is 12.9 Å². The van der Waals surface area contributed by atoms with Crippen molar-refractivity contribution in [3.8, 4) is 0 Å². The zero-order valence-electron chi connectivity index (χ0n) is 9.01. The summed E-state index contributed by atoms with van der Waals surface area (Å²) in [6.45, 7) is 1.88. The molecule has 3 atom stereocenters. The van der Waals surface area contributed by atoms with Crippen LogP contribution in [-0.2, 0) is 0 Å². The molecule has 1 fully saturated rings. The number of hydrogen-bond acceptors (Lipinski definition) is 1. The first-order valence-electron chi connectivity index (χ1n) is 5.24. The van der Waals surface area contributed by atoms with Crippen molar-refractivity contribution in [2.75, 3.05) is 13.0 Å². The lowest BCUT2D eigenvalue weighted by Gasteiger charge is -2.43. The van der Waals surface area contributed by atoms with Gasteiger partial charge in [-0.25, -0.2) is 0 Å². The predicted molar refractivity (Wildman–Crippen MR) is 53.1 cm³/mol. The number of likely N-dealkylation sites (tertiary alicyclic amines) is 1. The van der Waals surface area contributed by atoms with Gasteiger partial charge in [0.15, 0.2) is 0 Å². The number of nitrogens with zero attached hydrogens (tertiary/aromatic N) is 1. The number of hydrogen-bond donors (Lipinski definition) is 0. The summed E-state index contributed by atoms with van der Waals surface area (Å²) in [5.41, 5.74) is 0. The first kappa shape index (κ1) is 11.9. The Morgan fingerprint density at radius 1 is 1.21 bits per heavy atom. The fraction of sp³-hybridized carbons (Fsp3) is 1.00. The van der Waals surface area contributed by atoms with E-state index in [4.69, 9.17) is 0 Å². The lowest BCUT2D eigenvalue weighted by Crippen LogP contribution is -2.50. The lowest BCUT2D eigenvalue weighted by atomic mass is 9.82. The summed E-state index contributed by atoms with van der Waals surface area (Å²) < 4.78 is 36.9. The molecule has 0 aromatic heterocycles. The maximum Gasteiger partial charge on any atom is 0.492 e. The highest BCUT2D eigenvalue weighted by Crippen LogP contribution is 2.28. The van der Waals surface area contributed by atoms with Crippen molar-refractivity contribution in [2.45, 2.75) is 33.2 Å². The molecule has 1 aliphatic rings. The van der Waals surface area contributed by atoms with Gasteiger partial charge >= 0.3 is 6.98 Å². The molecule has 1 heterocycles. The highest BCUT2D eigenvalue weighted by Gasteiger charge is 2.34. The van der Waals surface area contributed by atoms with Gasteiger partial charge in [-0.1, -0.05) is 13.8 Å². The quantitative estimate of drug-likeness (QED) is 0.630. The van der Waals surface area contributed by atoms with E-state index in [9.17, 15) is 12.9 Å². The molecule has 0 radical (unpaired) electrons. The molecule has 0 N–H and O–H groups in total. The predicted octanol–water partition coefficient (Wildman–Crippen LogP) is 2.74. The van der Waals surface area contributed by atoms with E-state index in [1.807, 2.05) is 20.8 Å². The van der Waals surface area contributed by atoms with Crippen LogP contribution in [0.25, 0.3) is 0 Å². The molecule has 5 heteroatoms. The standard InChI is InChI=1S/C9H18BF3N/c1-7-4-8(2)9(3)14(5-7)6-10(11,12)13/h7-9H,4-6H2,1-3H3/q-1. The molecule has 0 spiro atoms. The van der Waals surface area contributed by atoms with Crippen LogP contribution < -0.4 is 0 Å². The molecule has 3 unspecified atom stereocenters. The van der Waals surface area contributed by atoms with Crippen LogP contribution in [0.3, 0.4) is 0 Å². The average molecular weight is 208 g/mol. The van der Waals surface area contributed by atoms with Gasteiger partial charge in [-0.2, -0.15) is 0 Å². The minimum atomic E-state index is -4.67. The summed E-state index contributed by atoms with van der Waals surface area (Å²) in [5.74, 6) is 0.760. The Hall–Kier alpha value is -0.185. The third-order valence-corrected chi connectivity index (χ3v) is 3.16. The lowest BCUT2D eigenvalue weighted by molar-refractivity contribution is 0.0882. The van der Waals surface area contributed by atoms with E-state index in [1.54, 1.807) is 4.90 Å². The Morgan fingerprint density at radius 2 is 1.79 bits per heavy atom. The monoisotopic (exact) mass is 208 g/mol. The summed E-state index contributed by atoms with van der Waals surface area (Å²) in [5, 5.41) is 0. The second-order valence-corrected chi connectivity index (χ2v) is 4.72. The maximum atomic E-state index is 12.3. The molecule has 1 rings (SSSR count). The molecular formula is C9H18BF3N-. The van der Waals surface area contributed by atoms with E-state index < -0.39 is 13.4 Å². The van der Waals surface area contributed by atoms with Crippen molar-refractivity contribution >= 4 is 6.98 Å². The first-order chi connectivity index (χ1) is 6.29. The van der Waals surface area contributed by atoms with Crippen LogP contribution in [0.1, 0.15) is 27.2 Å². The highest BCUT2D eigenvalue weighted by molar-refractivity contribution is 6.58. The smallest absolute Gasteiger partial charge is 0.448 e. The number of rotatable bonds is 2. The topological polar surface area (TPSA) is 3.24 Å². The molecule has 0 aromatic rings. The molecule has 0 bridgehead atoms. The fourth-order valence-corrected chi connectivity index (χ4v) is 2.34. The third kappa shape index (κ3) is 3.19. The molecule has 1 aliphatic heterocycles. The molecule has 84 valence electrons. The second-order valence-electron chi connectivity index (χ2n) is 4.72.